The lowest BCUT2D eigenvalue weighted by Gasteiger charge is -2.27. The first-order valence-corrected chi connectivity index (χ1v) is 11.1. The van der Waals surface area contributed by atoms with Crippen molar-refractivity contribution in [2.75, 3.05) is 51.4 Å². The molecule has 0 aliphatic carbocycles. The van der Waals surface area contributed by atoms with Crippen molar-refractivity contribution < 1.29 is 18.7 Å². The molecule has 1 saturated heterocycles. The number of hydrogen-bond donors (Lipinski definition) is 0. The molecule has 0 unspecified atom stereocenters. The van der Waals surface area contributed by atoms with Crippen LogP contribution in [0.25, 0.3) is 10.2 Å². The van der Waals surface area contributed by atoms with Crippen molar-refractivity contribution in [2.45, 2.75) is 6.42 Å². The predicted molar refractivity (Wildman–Crippen MR) is 123 cm³/mol. The maximum absolute atomic E-state index is 13.2. The molecule has 3 heterocycles. The fourth-order valence-corrected chi connectivity index (χ4v) is 4.54. The van der Waals surface area contributed by atoms with E-state index in [9.17, 15) is 4.79 Å². The molecular weight excluding hydrogens is 494 g/mol. The van der Waals surface area contributed by atoms with Crippen molar-refractivity contribution in [2.24, 2.45) is 0 Å². The van der Waals surface area contributed by atoms with Gasteiger partial charge in [-0.3, -0.25) is 14.6 Å². The Kier molecular flexibility index (Phi) is 8.13. The van der Waals surface area contributed by atoms with Gasteiger partial charge in [0, 0.05) is 32.2 Å². The van der Waals surface area contributed by atoms with E-state index < -0.39 is 0 Å². The van der Waals surface area contributed by atoms with E-state index in [1.54, 1.807) is 24.1 Å². The number of morpholine rings is 1. The maximum atomic E-state index is 13.2. The second-order valence-electron chi connectivity index (χ2n) is 6.70. The average molecular weight is 517 g/mol. The number of carbonyl (C=O) groups is 1. The Morgan fingerprint density at radius 1 is 1.30 bits per heavy atom. The van der Waals surface area contributed by atoms with E-state index in [0.717, 1.165) is 55.2 Å². The minimum atomic E-state index is -0.191. The van der Waals surface area contributed by atoms with Gasteiger partial charge in [0.15, 0.2) is 15.6 Å². The smallest absolute Gasteiger partial charge is 0.295 e. The Bertz CT molecular complexity index is 990. The molecule has 1 aromatic carbocycles. The molecule has 2 aromatic heterocycles. The highest BCUT2D eigenvalue weighted by molar-refractivity contribution is 9.10. The van der Waals surface area contributed by atoms with Crippen molar-refractivity contribution in [1.29, 1.82) is 0 Å². The number of methoxy groups -OCH3 is 1. The third-order valence-corrected chi connectivity index (χ3v) is 6.29. The van der Waals surface area contributed by atoms with Gasteiger partial charge in [-0.25, -0.2) is 4.98 Å². The van der Waals surface area contributed by atoms with E-state index in [1.807, 2.05) is 18.2 Å². The molecule has 1 aliphatic rings. The summed E-state index contributed by atoms with van der Waals surface area (Å²) in [7, 11) is 1.63. The van der Waals surface area contributed by atoms with Gasteiger partial charge >= 0.3 is 0 Å². The van der Waals surface area contributed by atoms with Crippen LogP contribution in [0.15, 0.2) is 39.4 Å². The third-order valence-electron chi connectivity index (χ3n) is 4.80. The average Bonchev–Trinajstić information content (AvgIpc) is 3.37. The van der Waals surface area contributed by atoms with Crippen LogP contribution >= 0.6 is 39.7 Å². The molecule has 1 aliphatic heterocycles. The molecule has 0 bridgehead atoms. The molecule has 1 fully saturated rings. The van der Waals surface area contributed by atoms with E-state index in [0.29, 0.717) is 22.1 Å². The summed E-state index contributed by atoms with van der Waals surface area (Å²) in [6.45, 7) is 4.87. The predicted octanol–water partition coefficient (Wildman–Crippen LogP) is 4.45. The number of aromatic nitrogens is 1. The number of nitrogens with zero attached hydrogens (tertiary/aromatic N) is 3. The third kappa shape index (κ3) is 5.33. The standard InChI is InChI=1S/C20H22BrN3O4S.ClH/c1-26-14-3-5-17-15(13-14)22-20(29-17)24(19(25)16-4-6-18(21)28-16)8-2-7-23-9-11-27-12-10-23;/h3-6,13H,2,7-12H2,1H3;1H. The van der Waals surface area contributed by atoms with Crippen LogP contribution in [-0.2, 0) is 4.74 Å². The summed E-state index contributed by atoms with van der Waals surface area (Å²) in [5, 5.41) is 0.660. The maximum Gasteiger partial charge on any atom is 0.295 e. The van der Waals surface area contributed by atoms with Crippen LogP contribution in [0.3, 0.4) is 0 Å². The van der Waals surface area contributed by atoms with Gasteiger partial charge in [0.2, 0.25) is 0 Å². The van der Waals surface area contributed by atoms with E-state index >= 15 is 0 Å². The largest absolute Gasteiger partial charge is 0.497 e. The Balaban J connectivity index is 0.00000256. The molecule has 7 nitrogen and oxygen atoms in total. The van der Waals surface area contributed by atoms with Gasteiger partial charge in [-0.15, -0.1) is 12.4 Å². The van der Waals surface area contributed by atoms with E-state index in [1.165, 1.54) is 11.3 Å². The first kappa shape index (κ1) is 23.0. The second kappa shape index (κ2) is 10.6. The molecule has 3 aromatic rings. The quantitative estimate of drug-likeness (QED) is 0.462. The Hall–Kier alpha value is -1.65. The van der Waals surface area contributed by atoms with Gasteiger partial charge < -0.3 is 13.9 Å². The molecule has 0 spiro atoms. The van der Waals surface area contributed by atoms with E-state index in [-0.39, 0.29) is 18.3 Å². The van der Waals surface area contributed by atoms with E-state index in [2.05, 4.69) is 20.8 Å². The summed E-state index contributed by atoms with van der Waals surface area (Å²) < 4.78 is 17.7. The summed E-state index contributed by atoms with van der Waals surface area (Å²) in [6.07, 6.45) is 0.840. The topological polar surface area (TPSA) is 68.0 Å². The van der Waals surface area contributed by atoms with Crippen LogP contribution in [0.4, 0.5) is 5.13 Å². The number of ether oxygens (including phenoxy) is 2. The van der Waals surface area contributed by atoms with Crippen molar-refractivity contribution in [3.8, 4) is 5.75 Å². The van der Waals surface area contributed by atoms with Crippen molar-refractivity contribution in [3.63, 3.8) is 0 Å². The van der Waals surface area contributed by atoms with Crippen LogP contribution in [0.5, 0.6) is 5.75 Å². The molecule has 0 saturated carbocycles. The summed E-state index contributed by atoms with van der Waals surface area (Å²) in [5.41, 5.74) is 0.816. The monoisotopic (exact) mass is 515 g/mol. The summed E-state index contributed by atoms with van der Waals surface area (Å²) in [5.74, 6) is 0.846. The highest BCUT2D eigenvalue weighted by Gasteiger charge is 2.24. The molecule has 10 heteroatoms. The Labute approximate surface area is 193 Å². The summed E-state index contributed by atoms with van der Waals surface area (Å²) in [4.78, 5) is 21.9. The van der Waals surface area contributed by atoms with Crippen LogP contribution in [-0.4, -0.2) is 62.3 Å². The van der Waals surface area contributed by atoms with E-state index in [4.69, 9.17) is 18.9 Å². The molecule has 30 heavy (non-hydrogen) atoms. The normalized spacial score (nSPS) is 14.5. The Morgan fingerprint density at radius 2 is 2.10 bits per heavy atom. The first-order chi connectivity index (χ1) is 14.1. The van der Waals surface area contributed by atoms with Gasteiger partial charge in [-0.05, 0) is 46.6 Å². The zero-order chi connectivity index (χ0) is 20.2. The highest BCUT2D eigenvalue weighted by Crippen LogP contribution is 2.32. The minimum Gasteiger partial charge on any atom is -0.497 e. The molecule has 0 radical (unpaired) electrons. The highest BCUT2D eigenvalue weighted by atomic mass is 79.9. The number of carbonyl (C=O) groups excluding carboxylic acids is 1. The number of hydrogen-bond acceptors (Lipinski definition) is 7. The number of furan rings is 1. The fraction of sp³-hybridized carbons (Fsp3) is 0.400. The van der Waals surface area contributed by atoms with Crippen LogP contribution in [0, 0.1) is 0 Å². The van der Waals surface area contributed by atoms with Gasteiger partial charge in [-0.2, -0.15) is 0 Å². The lowest BCUT2D eigenvalue weighted by molar-refractivity contribution is 0.0376. The lowest BCUT2D eigenvalue weighted by Crippen LogP contribution is -2.39. The number of thiazole rings is 1. The molecule has 4 rings (SSSR count). The van der Waals surface area contributed by atoms with Crippen LogP contribution in [0.2, 0.25) is 0 Å². The SMILES string of the molecule is COc1ccc2sc(N(CCCN3CCOCC3)C(=O)c3ccc(Br)o3)nc2c1.Cl. The number of anilines is 1. The summed E-state index contributed by atoms with van der Waals surface area (Å²) in [6, 6.07) is 9.16. The zero-order valence-corrected chi connectivity index (χ0v) is 19.7. The number of halogens is 2. The molecule has 0 atom stereocenters. The van der Waals surface area contributed by atoms with Crippen molar-refractivity contribution >= 4 is 60.9 Å². The molecule has 1 amide bonds. The molecule has 162 valence electrons. The zero-order valence-electron chi connectivity index (χ0n) is 16.5. The second-order valence-corrected chi connectivity index (χ2v) is 8.49. The first-order valence-electron chi connectivity index (χ1n) is 9.46. The van der Waals surface area contributed by atoms with Gasteiger partial charge in [-0.1, -0.05) is 11.3 Å². The fourth-order valence-electron chi connectivity index (χ4n) is 3.26. The molecule has 0 N–H and O–H groups in total. The lowest BCUT2D eigenvalue weighted by atomic mass is 10.3. The van der Waals surface area contributed by atoms with Gasteiger partial charge in [0.05, 0.1) is 30.5 Å². The number of fused-ring (bicyclic) bond motifs is 1. The van der Waals surface area contributed by atoms with Crippen molar-refractivity contribution in [1.82, 2.24) is 9.88 Å². The summed E-state index contributed by atoms with van der Waals surface area (Å²) >= 11 is 4.76. The Morgan fingerprint density at radius 3 is 2.80 bits per heavy atom. The minimum absolute atomic E-state index is 0. The number of rotatable bonds is 7. The molecular formula is C20H23BrClN3O4S. The van der Waals surface area contributed by atoms with Gasteiger partial charge in [0.1, 0.15) is 5.75 Å². The number of amides is 1. The van der Waals surface area contributed by atoms with Crippen molar-refractivity contribution in [3.05, 3.63) is 40.8 Å². The van der Waals surface area contributed by atoms with Crippen LogP contribution < -0.4 is 9.64 Å². The number of benzene rings is 1. The van der Waals surface area contributed by atoms with Crippen LogP contribution in [0.1, 0.15) is 17.0 Å². The van der Waals surface area contributed by atoms with Gasteiger partial charge in [0.25, 0.3) is 5.91 Å².